The van der Waals surface area contributed by atoms with Gasteiger partial charge in [-0.1, -0.05) is 11.6 Å². The summed E-state index contributed by atoms with van der Waals surface area (Å²) in [7, 11) is 0. The molecule has 0 radical (unpaired) electrons. The minimum Gasteiger partial charge on any atom is -0.462 e. The van der Waals surface area contributed by atoms with E-state index in [9.17, 15) is 4.79 Å². The number of carbonyl (C=O) groups excluding carboxylic acids is 1. The molecule has 0 saturated heterocycles. The molecule has 0 atom stereocenters. The van der Waals surface area contributed by atoms with E-state index in [0.29, 0.717) is 16.5 Å². The van der Waals surface area contributed by atoms with Gasteiger partial charge in [0.15, 0.2) is 5.82 Å². The van der Waals surface area contributed by atoms with Crippen LogP contribution in [0, 0.1) is 13.8 Å². The normalized spacial score (nSPS) is 10.6. The maximum absolute atomic E-state index is 11.8. The van der Waals surface area contributed by atoms with Gasteiger partial charge in [0.05, 0.1) is 40.5 Å². The van der Waals surface area contributed by atoms with Crippen molar-refractivity contribution in [2.75, 3.05) is 12.3 Å². The lowest BCUT2D eigenvalue weighted by Gasteiger charge is -2.08. The zero-order valence-corrected chi connectivity index (χ0v) is 12.2. The van der Waals surface area contributed by atoms with Crippen LogP contribution >= 0.6 is 11.6 Å². The van der Waals surface area contributed by atoms with Crippen molar-refractivity contribution in [3.05, 3.63) is 34.2 Å². The van der Waals surface area contributed by atoms with Gasteiger partial charge in [0, 0.05) is 0 Å². The van der Waals surface area contributed by atoms with E-state index in [1.165, 1.54) is 6.20 Å². The molecule has 2 aromatic rings. The number of anilines is 1. The molecule has 7 heteroatoms. The number of aromatic nitrogens is 3. The number of rotatable bonds is 3. The van der Waals surface area contributed by atoms with Crippen LogP contribution in [0.2, 0.25) is 5.02 Å². The van der Waals surface area contributed by atoms with Crippen LogP contribution in [0.25, 0.3) is 5.82 Å². The van der Waals surface area contributed by atoms with Gasteiger partial charge in [0.1, 0.15) is 0 Å². The zero-order valence-electron chi connectivity index (χ0n) is 11.5. The number of nitrogen functional groups attached to an aromatic ring is 1. The first-order valence-corrected chi connectivity index (χ1v) is 6.48. The third kappa shape index (κ3) is 2.46. The van der Waals surface area contributed by atoms with Crippen molar-refractivity contribution in [1.29, 1.82) is 0 Å². The predicted molar refractivity (Wildman–Crippen MR) is 76.2 cm³/mol. The van der Waals surface area contributed by atoms with Gasteiger partial charge in [-0.05, 0) is 26.8 Å². The van der Waals surface area contributed by atoms with Crippen LogP contribution in [0.1, 0.15) is 28.7 Å². The number of pyridine rings is 1. The largest absolute Gasteiger partial charge is 0.462 e. The molecule has 0 bridgehead atoms. The summed E-state index contributed by atoms with van der Waals surface area (Å²) in [4.78, 5) is 16.0. The van der Waals surface area contributed by atoms with E-state index in [1.807, 2.05) is 6.92 Å². The first-order chi connectivity index (χ1) is 9.45. The van der Waals surface area contributed by atoms with Crippen molar-refractivity contribution in [3.63, 3.8) is 0 Å². The molecule has 2 N–H and O–H groups in total. The number of carbonyl (C=O) groups is 1. The summed E-state index contributed by atoms with van der Waals surface area (Å²) in [6.07, 6.45) is 1.41. The second-order valence-electron chi connectivity index (χ2n) is 4.25. The van der Waals surface area contributed by atoms with E-state index in [4.69, 9.17) is 22.1 Å². The highest BCUT2D eigenvalue weighted by atomic mass is 35.5. The predicted octanol–water partition coefficient (Wildman–Crippen LogP) is 2.30. The number of aryl methyl sites for hydroxylation is 1. The Morgan fingerprint density at radius 2 is 2.20 bits per heavy atom. The molecule has 2 aromatic heterocycles. The van der Waals surface area contributed by atoms with E-state index in [-0.39, 0.29) is 17.9 Å². The standard InChI is InChI=1S/C13H15ClN4O2/c1-4-20-13(19)9-5-11(16-6-10(9)15)18-8(3)12(14)7(2)17-18/h5-6H,4,15H2,1-3H3. The van der Waals surface area contributed by atoms with Crippen LogP contribution in [0.5, 0.6) is 0 Å². The fourth-order valence-corrected chi connectivity index (χ4v) is 1.92. The van der Waals surface area contributed by atoms with Crippen molar-refractivity contribution in [3.8, 4) is 5.82 Å². The highest BCUT2D eigenvalue weighted by molar-refractivity contribution is 6.31. The molecule has 20 heavy (non-hydrogen) atoms. The summed E-state index contributed by atoms with van der Waals surface area (Å²) in [6, 6.07) is 1.54. The van der Waals surface area contributed by atoms with Gasteiger partial charge in [-0.2, -0.15) is 5.10 Å². The van der Waals surface area contributed by atoms with Gasteiger partial charge in [-0.25, -0.2) is 14.5 Å². The van der Waals surface area contributed by atoms with Crippen LogP contribution in [0.15, 0.2) is 12.3 Å². The summed E-state index contributed by atoms with van der Waals surface area (Å²) >= 11 is 6.10. The molecule has 2 heterocycles. The van der Waals surface area contributed by atoms with Gasteiger partial charge in [-0.15, -0.1) is 0 Å². The van der Waals surface area contributed by atoms with Crippen LogP contribution in [-0.4, -0.2) is 27.3 Å². The second-order valence-corrected chi connectivity index (χ2v) is 4.62. The van der Waals surface area contributed by atoms with Crippen LogP contribution in [0.3, 0.4) is 0 Å². The van der Waals surface area contributed by atoms with Crippen molar-refractivity contribution in [1.82, 2.24) is 14.8 Å². The molecule has 2 rings (SSSR count). The maximum Gasteiger partial charge on any atom is 0.340 e. The summed E-state index contributed by atoms with van der Waals surface area (Å²) in [5, 5.41) is 4.86. The Morgan fingerprint density at radius 1 is 1.50 bits per heavy atom. The fourth-order valence-electron chi connectivity index (χ4n) is 1.80. The smallest absolute Gasteiger partial charge is 0.340 e. The molecule has 0 aromatic carbocycles. The van der Waals surface area contributed by atoms with Crippen molar-refractivity contribution in [2.24, 2.45) is 0 Å². The average molecular weight is 295 g/mol. The fraction of sp³-hybridized carbons (Fsp3) is 0.308. The van der Waals surface area contributed by atoms with E-state index < -0.39 is 5.97 Å². The molecule has 0 fully saturated rings. The first kappa shape index (κ1) is 14.3. The van der Waals surface area contributed by atoms with E-state index in [0.717, 1.165) is 5.69 Å². The SMILES string of the molecule is CCOC(=O)c1cc(-n2nc(C)c(Cl)c2C)ncc1N. The molecule has 0 aliphatic heterocycles. The van der Waals surface area contributed by atoms with Gasteiger partial charge in [0.2, 0.25) is 0 Å². The minimum atomic E-state index is -0.485. The van der Waals surface area contributed by atoms with Gasteiger partial charge in [0.25, 0.3) is 0 Å². The maximum atomic E-state index is 11.8. The average Bonchev–Trinajstić information content (AvgIpc) is 2.67. The molecule has 0 unspecified atom stereocenters. The molecular weight excluding hydrogens is 280 g/mol. The summed E-state index contributed by atoms with van der Waals surface area (Å²) < 4.78 is 6.53. The lowest BCUT2D eigenvalue weighted by molar-refractivity contribution is 0.0527. The highest BCUT2D eigenvalue weighted by Gasteiger charge is 2.16. The number of halogens is 1. The molecule has 0 amide bonds. The molecule has 106 valence electrons. The minimum absolute atomic E-state index is 0.264. The lowest BCUT2D eigenvalue weighted by Crippen LogP contribution is -2.11. The Kier molecular flexibility index (Phi) is 3.94. The van der Waals surface area contributed by atoms with Crippen molar-refractivity contribution < 1.29 is 9.53 Å². The van der Waals surface area contributed by atoms with Crippen LogP contribution in [-0.2, 0) is 4.74 Å². The van der Waals surface area contributed by atoms with Gasteiger partial charge < -0.3 is 10.5 Å². The van der Waals surface area contributed by atoms with Crippen molar-refractivity contribution >= 4 is 23.3 Å². The second kappa shape index (κ2) is 5.50. The zero-order chi connectivity index (χ0) is 14.9. The third-order valence-electron chi connectivity index (χ3n) is 2.84. The van der Waals surface area contributed by atoms with Gasteiger partial charge in [-0.3, -0.25) is 0 Å². The molecule has 0 aliphatic rings. The lowest BCUT2D eigenvalue weighted by atomic mass is 10.2. The van der Waals surface area contributed by atoms with E-state index >= 15 is 0 Å². The number of ether oxygens (including phenoxy) is 1. The summed E-state index contributed by atoms with van der Waals surface area (Å²) in [5.41, 5.74) is 7.72. The third-order valence-corrected chi connectivity index (χ3v) is 3.38. The first-order valence-electron chi connectivity index (χ1n) is 6.10. The van der Waals surface area contributed by atoms with E-state index in [1.54, 1.807) is 24.6 Å². The van der Waals surface area contributed by atoms with Gasteiger partial charge >= 0.3 is 5.97 Å². The Labute approximate surface area is 121 Å². The monoisotopic (exact) mass is 294 g/mol. The number of hydrogen-bond acceptors (Lipinski definition) is 5. The highest BCUT2D eigenvalue weighted by Crippen LogP contribution is 2.23. The topological polar surface area (TPSA) is 83.0 Å². The molecule has 0 spiro atoms. The Morgan fingerprint density at radius 3 is 2.75 bits per heavy atom. The molecule has 6 nitrogen and oxygen atoms in total. The van der Waals surface area contributed by atoms with Crippen LogP contribution in [0.4, 0.5) is 5.69 Å². The summed E-state index contributed by atoms with van der Waals surface area (Å²) in [6.45, 7) is 5.64. The number of nitrogens with two attached hydrogens (primary N) is 1. The van der Waals surface area contributed by atoms with Crippen LogP contribution < -0.4 is 5.73 Å². The number of hydrogen-bond donors (Lipinski definition) is 1. The Hall–Kier alpha value is -2.08. The van der Waals surface area contributed by atoms with E-state index in [2.05, 4.69) is 10.1 Å². The molecular formula is C13H15ClN4O2. The Bertz CT molecular complexity index is 667. The number of esters is 1. The molecule has 0 saturated carbocycles. The summed E-state index contributed by atoms with van der Waals surface area (Å²) in [5.74, 6) is -0.0176. The quantitative estimate of drug-likeness (QED) is 0.878. The Balaban J connectivity index is 2.51. The van der Waals surface area contributed by atoms with Crippen molar-refractivity contribution in [2.45, 2.75) is 20.8 Å². The molecule has 0 aliphatic carbocycles. The number of nitrogens with zero attached hydrogens (tertiary/aromatic N) is 3.